The molecule has 0 bridgehead atoms. The molecule has 0 N–H and O–H groups in total. The van der Waals surface area contributed by atoms with Gasteiger partial charge in [-0.2, -0.15) is 0 Å². The molecule has 2 nitrogen and oxygen atoms in total. The molecule has 0 aliphatic carbocycles. The zero-order valence-corrected chi connectivity index (χ0v) is 11.1. The van der Waals surface area contributed by atoms with Gasteiger partial charge >= 0.3 is 0 Å². The molecular formula is C17H18O2. The molecule has 1 unspecified atom stereocenters. The highest BCUT2D eigenvalue weighted by molar-refractivity contribution is 5.36. The second kappa shape index (κ2) is 5.35. The molecule has 0 spiro atoms. The van der Waals surface area contributed by atoms with Crippen LogP contribution in [-0.4, -0.2) is 7.11 Å². The largest absolute Gasteiger partial charge is 0.497 e. The van der Waals surface area contributed by atoms with E-state index < -0.39 is 0 Å². The molecule has 0 saturated heterocycles. The van der Waals surface area contributed by atoms with Crippen LogP contribution in [0.15, 0.2) is 48.5 Å². The van der Waals surface area contributed by atoms with Gasteiger partial charge < -0.3 is 9.47 Å². The molecule has 3 rings (SSSR count). The lowest BCUT2D eigenvalue weighted by molar-refractivity contribution is 0.199. The number of ether oxygens (including phenoxy) is 2. The quantitative estimate of drug-likeness (QED) is 0.801. The smallest absolute Gasteiger partial charge is 0.124 e. The zero-order chi connectivity index (χ0) is 13.1. The van der Waals surface area contributed by atoms with E-state index in [9.17, 15) is 0 Å². The summed E-state index contributed by atoms with van der Waals surface area (Å²) >= 11 is 0. The molecule has 0 radical (unpaired) electrons. The van der Waals surface area contributed by atoms with E-state index >= 15 is 0 Å². The minimum Gasteiger partial charge on any atom is -0.497 e. The molecule has 2 aromatic rings. The number of benzene rings is 2. The minimum atomic E-state index is 0.124. The highest BCUT2D eigenvalue weighted by Crippen LogP contribution is 2.34. The Balaban J connectivity index is 1.89. The first-order chi connectivity index (χ1) is 9.36. The molecule has 0 fully saturated rings. The van der Waals surface area contributed by atoms with Gasteiger partial charge in [-0.3, -0.25) is 0 Å². The monoisotopic (exact) mass is 254 g/mol. The first-order valence-corrected chi connectivity index (χ1v) is 6.75. The highest BCUT2D eigenvalue weighted by Gasteiger charge is 2.19. The number of methoxy groups -OCH3 is 1. The van der Waals surface area contributed by atoms with E-state index in [2.05, 4.69) is 30.3 Å². The van der Waals surface area contributed by atoms with Crippen molar-refractivity contribution in [2.75, 3.05) is 7.11 Å². The van der Waals surface area contributed by atoms with Crippen molar-refractivity contribution in [3.8, 4) is 11.5 Å². The van der Waals surface area contributed by atoms with Crippen molar-refractivity contribution in [2.45, 2.75) is 25.4 Å². The fraction of sp³-hybridized carbons (Fsp3) is 0.294. The maximum absolute atomic E-state index is 6.19. The lowest BCUT2D eigenvalue weighted by atomic mass is 10.0. The van der Waals surface area contributed by atoms with Crippen LogP contribution in [0.1, 0.15) is 30.1 Å². The maximum atomic E-state index is 6.19. The third-order valence-electron chi connectivity index (χ3n) is 3.62. The third kappa shape index (κ3) is 2.58. The van der Waals surface area contributed by atoms with Gasteiger partial charge in [0, 0.05) is 0 Å². The molecular weight excluding hydrogens is 236 g/mol. The van der Waals surface area contributed by atoms with E-state index in [1.807, 2.05) is 18.2 Å². The van der Waals surface area contributed by atoms with Crippen molar-refractivity contribution in [3.05, 3.63) is 59.7 Å². The first-order valence-electron chi connectivity index (χ1n) is 6.75. The van der Waals surface area contributed by atoms with Crippen LogP contribution < -0.4 is 9.47 Å². The Morgan fingerprint density at radius 1 is 1.11 bits per heavy atom. The Labute approximate surface area is 114 Å². The molecule has 2 aromatic carbocycles. The molecule has 2 heteroatoms. The molecule has 1 aliphatic rings. The lowest BCUT2D eigenvalue weighted by Gasteiger charge is -2.18. The number of para-hydroxylation sites is 1. The second-order valence-electron chi connectivity index (χ2n) is 4.88. The Morgan fingerprint density at radius 2 is 2.00 bits per heavy atom. The van der Waals surface area contributed by atoms with E-state index in [1.165, 1.54) is 11.1 Å². The first kappa shape index (κ1) is 12.1. The summed E-state index contributed by atoms with van der Waals surface area (Å²) in [6.45, 7) is 0. The molecule has 98 valence electrons. The number of aryl methyl sites for hydroxylation is 1. The van der Waals surface area contributed by atoms with Gasteiger partial charge in [0.25, 0.3) is 0 Å². The average Bonchev–Trinajstić information content (AvgIpc) is 2.69. The second-order valence-corrected chi connectivity index (χ2v) is 4.88. The molecule has 0 saturated carbocycles. The SMILES string of the molecule is COc1cccc(C2CCCc3ccccc3O2)c1. The Hall–Kier alpha value is -1.96. The summed E-state index contributed by atoms with van der Waals surface area (Å²) < 4.78 is 11.5. The molecule has 1 aliphatic heterocycles. The number of fused-ring (bicyclic) bond motifs is 1. The number of rotatable bonds is 2. The van der Waals surface area contributed by atoms with Gasteiger partial charge in [-0.1, -0.05) is 30.3 Å². The summed E-state index contributed by atoms with van der Waals surface area (Å²) in [5.74, 6) is 1.91. The van der Waals surface area contributed by atoms with Crippen LogP contribution in [0.5, 0.6) is 11.5 Å². The molecule has 19 heavy (non-hydrogen) atoms. The number of hydrogen-bond acceptors (Lipinski definition) is 2. The highest BCUT2D eigenvalue weighted by atomic mass is 16.5. The third-order valence-corrected chi connectivity index (χ3v) is 3.62. The van der Waals surface area contributed by atoms with Crippen LogP contribution in [0, 0.1) is 0 Å². The van der Waals surface area contributed by atoms with Gasteiger partial charge in [0.1, 0.15) is 17.6 Å². The van der Waals surface area contributed by atoms with Crippen molar-refractivity contribution in [2.24, 2.45) is 0 Å². The Kier molecular flexibility index (Phi) is 3.41. The minimum absolute atomic E-state index is 0.124. The van der Waals surface area contributed by atoms with Gasteiger partial charge in [0.2, 0.25) is 0 Å². The summed E-state index contributed by atoms with van der Waals surface area (Å²) in [7, 11) is 1.70. The van der Waals surface area contributed by atoms with Gasteiger partial charge in [0.05, 0.1) is 7.11 Å². The Morgan fingerprint density at radius 3 is 2.89 bits per heavy atom. The fourth-order valence-corrected chi connectivity index (χ4v) is 2.59. The van der Waals surface area contributed by atoms with E-state index in [1.54, 1.807) is 7.11 Å². The number of hydrogen-bond donors (Lipinski definition) is 0. The Bertz CT molecular complexity index is 563. The normalized spacial score (nSPS) is 18.1. The van der Waals surface area contributed by atoms with E-state index in [-0.39, 0.29) is 6.10 Å². The fourth-order valence-electron chi connectivity index (χ4n) is 2.59. The van der Waals surface area contributed by atoms with Crippen LogP contribution in [0.4, 0.5) is 0 Å². The molecule has 1 heterocycles. The lowest BCUT2D eigenvalue weighted by Crippen LogP contribution is -2.06. The van der Waals surface area contributed by atoms with E-state index in [4.69, 9.17) is 9.47 Å². The summed E-state index contributed by atoms with van der Waals surface area (Å²) in [4.78, 5) is 0. The van der Waals surface area contributed by atoms with Crippen LogP contribution in [0.25, 0.3) is 0 Å². The van der Waals surface area contributed by atoms with Crippen LogP contribution in [0.2, 0.25) is 0 Å². The van der Waals surface area contributed by atoms with E-state index in [0.717, 1.165) is 30.8 Å². The van der Waals surface area contributed by atoms with Crippen molar-refractivity contribution in [1.82, 2.24) is 0 Å². The maximum Gasteiger partial charge on any atom is 0.124 e. The molecule has 0 amide bonds. The van der Waals surface area contributed by atoms with Crippen molar-refractivity contribution in [3.63, 3.8) is 0 Å². The van der Waals surface area contributed by atoms with Crippen LogP contribution in [0.3, 0.4) is 0 Å². The molecule has 1 atom stereocenters. The van der Waals surface area contributed by atoms with E-state index in [0.29, 0.717) is 0 Å². The van der Waals surface area contributed by atoms with Crippen molar-refractivity contribution < 1.29 is 9.47 Å². The average molecular weight is 254 g/mol. The summed E-state index contributed by atoms with van der Waals surface area (Å²) in [5, 5.41) is 0. The van der Waals surface area contributed by atoms with Crippen LogP contribution in [-0.2, 0) is 6.42 Å². The summed E-state index contributed by atoms with van der Waals surface area (Å²) in [6.07, 6.45) is 3.41. The van der Waals surface area contributed by atoms with Gasteiger partial charge in [-0.15, -0.1) is 0 Å². The van der Waals surface area contributed by atoms with Crippen molar-refractivity contribution in [1.29, 1.82) is 0 Å². The predicted octanol–water partition coefficient (Wildman–Crippen LogP) is 4.15. The van der Waals surface area contributed by atoms with Gasteiger partial charge in [-0.05, 0) is 48.6 Å². The van der Waals surface area contributed by atoms with Gasteiger partial charge in [0.15, 0.2) is 0 Å². The predicted molar refractivity (Wildman–Crippen MR) is 75.7 cm³/mol. The summed E-state index contributed by atoms with van der Waals surface area (Å²) in [6, 6.07) is 16.5. The standard InChI is InChI=1S/C17H18O2/c1-18-15-9-4-8-14(12-15)17-11-5-7-13-6-2-3-10-16(13)19-17/h2-4,6,8-10,12,17H,5,7,11H2,1H3. The molecule has 0 aromatic heterocycles. The van der Waals surface area contributed by atoms with Gasteiger partial charge in [-0.25, -0.2) is 0 Å². The topological polar surface area (TPSA) is 18.5 Å². The zero-order valence-electron chi connectivity index (χ0n) is 11.1. The van der Waals surface area contributed by atoms with Crippen molar-refractivity contribution >= 4 is 0 Å². The summed E-state index contributed by atoms with van der Waals surface area (Å²) in [5.41, 5.74) is 2.50. The van der Waals surface area contributed by atoms with Crippen LogP contribution >= 0.6 is 0 Å².